The van der Waals surface area contributed by atoms with Crippen LogP contribution in [0.2, 0.25) is 0 Å². The van der Waals surface area contributed by atoms with E-state index in [0.717, 1.165) is 35.7 Å². The van der Waals surface area contributed by atoms with E-state index in [4.69, 9.17) is 0 Å². The molecule has 1 amide bonds. The fourth-order valence-corrected chi connectivity index (χ4v) is 5.44. The monoisotopic (exact) mass is 463 g/mol. The molecule has 0 saturated heterocycles. The highest BCUT2D eigenvalue weighted by molar-refractivity contribution is 7.89. The van der Waals surface area contributed by atoms with Crippen LogP contribution in [-0.4, -0.2) is 54.6 Å². The number of hydrogen-bond acceptors (Lipinski definition) is 5. The Hall–Kier alpha value is -2.39. The Morgan fingerprint density at radius 2 is 1.69 bits per heavy atom. The van der Waals surface area contributed by atoms with Crippen molar-refractivity contribution >= 4 is 27.3 Å². The fourth-order valence-electron chi connectivity index (χ4n) is 3.96. The zero-order chi connectivity index (χ0) is 24.1. The van der Waals surface area contributed by atoms with Gasteiger partial charge < -0.3 is 10.2 Å². The summed E-state index contributed by atoms with van der Waals surface area (Å²) in [5, 5.41) is 7.38. The van der Waals surface area contributed by atoms with Crippen molar-refractivity contribution in [1.82, 2.24) is 14.1 Å². The van der Waals surface area contributed by atoms with Crippen LogP contribution < -0.4 is 10.2 Å². The Balaban J connectivity index is 2.34. The second-order valence-corrected chi connectivity index (χ2v) is 9.70. The minimum Gasteiger partial charge on any atom is -0.370 e. The molecule has 0 aliphatic heterocycles. The number of anilines is 2. The number of amides is 1. The first kappa shape index (κ1) is 25.9. The maximum Gasteiger partial charge on any atom is 0.243 e. The van der Waals surface area contributed by atoms with Gasteiger partial charge in [-0.25, -0.2) is 8.42 Å². The van der Waals surface area contributed by atoms with Gasteiger partial charge in [-0.2, -0.15) is 9.40 Å². The number of benzene rings is 1. The molecule has 0 atom stereocenters. The number of carbonyl (C=O) groups excluding carboxylic acids is 1. The number of carbonyl (C=O) groups is 1. The van der Waals surface area contributed by atoms with Gasteiger partial charge in [-0.1, -0.05) is 13.8 Å². The summed E-state index contributed by atoms with van der Waals surface area (Å²) >= 11 is 0. The SMILES string of the molecule is CCN(CC)c1ccc(S(=O)(=O)N(CC)CC)cc1NC(=O)CCc1c(C)nn(C)c1C. The van der Waals surface area contributed by atoms with E-state index in [1.165, 1.54) is 4.31 Å². The third-order valence-corrected chi connectivity index (χ3v) is 8.00. The summed E-state index contributed by atoms with van der Waals surface area (Å²) in [7, 11) is -1.73. The Bertz CT molecular complexity index is 1040. The van der Waals surface area contributed by atoms with Crippen LogP contribution in [0.5, 0.6) is 0 Å². The fraction of sp³-hybridized carbons (Fsp3) is 0.565. The second-order valence-electron chi connectivity index (χ2n) is 7.76. The van der Waals surface area contributed by atoms with Crippen LogP contribution >= 0.6 is 0 Å². The summed E-state index contributed by atoms with van der Waals surface area (Å²) in [5.74, 6) is -0.154. The van der Waals surface area contributed by atoms with Gasteiger partial charge in [-0.05, 0) is 57.9 Å². The first-order chi connectivity index (χ1) is 15.1. The molecular weight excluding hydrogens is 426 g/mol. The third-order valence-electron chi connectivity index (χ3n) is 5.95. The summed E-state index contributed by atoms with van der Waals surface area (Å²) in [5.41, 5.74) is 4.38. The minimum absolute atomic E-state index is 0.154. The number of hydrogen-bond donors (Lipinski definition) is 1. The molecule has 1 heterocycles. The molecular formula is C23H37N5O3S. The van der Waals surface area contributed by atoms with Gasteiger partial charge in [-0.3, -0.25) is 9.48 Å². The Morgan fingerprint density at radius 1 is 1.06 bits per heavy atom. The molecule has 178 valence electrons. The maximum atomic E-state index is 13.0. The minimum atomic E-state index is -3.63. The second kappa shape index (κ2) is 11.0. The zero-order valence-corrected chi connectivity index (χ0v) is 21.2. The molecule has 1 aromatic heterocycles. The number of aryl methyl sites for hydroxylation is 2. The van der Waals surface area contributed by atoms with E-state index in [2.05, 4.69) is 15.3 Å². The number of aromatic nitrogens is 2. The number of nitrogens with one attached hydrogen (secondary N) is 1. The largest absolute Gasteiger partial charge is 0.370 e. The van der Waals surface area contributed by atoms with Crippen LogP contribution in [0.25, 0.3) is 0 Å². The molecule has 9 heteroatoms. The Kier molecular flexibility index (Phi) is 8.86. The molecule has 1 aromatic carbocycles. The van der Waals surface area contributed by atoms with E-state index in [1.807, 2.05) is 53.3 Å². The topological polar surface area (TPSA) is 87.5 Å². The van der Waals surface area contributed by atoms with E-state index >= 15 is 0 Å². The normalized spacial score (nSPS) is 11.8. The molecule has 32 heavy (non-hydrogen) atoms. The Morgan fingerprint density at radius 3 is 2.19 bits per heavy atom. The van der Waals surface area contributed by atoms with Gasteiger partial charge in [0.1, 0.15) is 0 Å². The van der Waals surface area contributed by atoms with Gasteiger partial charge in [0.25, 0.3) is 0 Å². The summed E-state index contributed by atoms with van der Waals surface area (Å²) in [6.07, 6.45) is 0.869. The molecule has 0 radical (unpaired) electrons. The van der Waals surface area contributed by atoms with Crippen molar-refractivity contribution in [2.45, 2.75) is 59.3 Å². The lowest BCUT2D eigenvalue weighted by Gasteiger charge is -2.26. The van der Waals surface area contributed by atoms with Crippen LogP contribution in [0.3, 0.4) is 0 Å². The van der Waals surface area contributed by atoms with E-state index < -0.39 is 10.0 Å². The highest BCUT2D eigenvalue weighted by Gasteiger charge is 2.24. The van der Waals surface area contributed by atoms with Crippen LogP contribution in [0, 0.1) is 13.8 Å². The maximum absolute atomic E-state index is 13.0. The molecule has 0 saturated carbocycles. The molecule has 0 fully saturated rings. The number of nitrogens with zero attached hydrogens (tertiary/aromatic N) is 4. The molecule has 0 spiro atoms. The van der Waals surface area contributed by atoms with Crippen molar-refractivity contribution in [3.63, 3.8) is 0 Å². The van der Waals surface area contributed by atoms with Crippen molar-refractivity contribution < 1.29 is 13.2 Å². The molecule has 0 aliphatic carbocycles. The van der Waals surface area contributed by atoms with Gasteiger partial charge in [0.2, 0.25) is 15.9 Å². The van der Waals surface area contributed by atoms with Gasteiger partial charge >= 0.3 is 0 Å². The van der Waals surface area contributed by atoms with Crippen LogP contribution in [0.1, 0.15) is 51.1 Å². The smallest absolute Gasteiger partial charge is 0.243 e. The molecule has 0 bridgehead atoms. The van der Waals surface area contributed by atoms with Gasteiger partial charge in [0.15, 0.2) is 0 Å². The van der Waals surface area contributed by atoms with Crippen LogP contribution in [-0.2, 0) is 28.3 Å². The first-order valence-corrected chi connectivity index (χ1v) is 12.7. The lowest BCUT2D eigenvalue weighted by atomic mass is 10.1. The molecule has 8 nitrogen and oxygen atoms in total. The van der Waals surface area contributed by atoms with E-state index in [9.17, 15) is 13.2 Å². The molecule has 1 N–H and O–H groups in total. The van der Waals surface area contributed by atoms with E-state index in [0.29, 0.717) is 25.2 Å². The average Bonchev–Trinajstić information content (AvgIpc) is 3.00. The van der Waals surface area contributed by atoms with Crippen molar-refractivity contribution in [2.24, 2.45) is 7.05 Å². The predicted octanol–water partition coefficient (Wildman–Crippen LogP) is 3.48. The predicted molar refractivity (Wildman–Crippen MR) is 130 cm³/mol. The average molecular weight is 464 g/mol. The lowest BCUT2D eigenvalue weighted by Crippen LogP contribution is -2.31. The van der Waals surface area contributed by atoms with E-state index in [-0.39, 0.29) is 17.2 Å². The Labute approximate surface area is 192 Å². The van der Waals surface area contributed by atoms with Gasteiger partial charge in [-0.15, -0.1) is 0 Å². The number of sulfonamides is 1. The molecule has 2 aromatic rings. The van der Waals surface area contributed by atoms with E-state index in [1.54, 1.807) is 18.2 Å². The van der Waals surface area contributed by atoms with Crippen molar-refractivity contribution in [3.05, 3.63) is 35.2 Å². The summed E-state index contributed by atoms with van der Waals surface area (Å²) in [4.78, 5) is 15.1. The van der Waals surface area contributed by atoms with Crippen molar-refractivity contribution in [2.75, 3.05) is 36.4 Å². The molecule has 0 aliphatic rings. The van der Waals surface area contributed by atoms with Crippen LogP contribution in [0.4, 0.5) is 11.4 Å². The van der Waals surface area contributed by atoms with Gasteiger partial charge in [0.05, 0.1) is 22.0 Å². The number of rotatable bonds is 11. The third kappa shape index (κ3) is 5.50. The van der Waals surface area contributed by atoms with Crippen LogP contribution in [0.15, 0.2) is 23.1 Å². The van der Waals surface area contributed by atoms with Crippen molar-refractivity contribution in [3.8, 4) is 0 Å². The van der Waals surface area contributed by atoms with Crippen molar-refractivity contribution in [1.29, 1.82) is 0 Å². The van der Waals surface area contributed by atoms with Gasteiger partial charge in [0, 0.05) is 45.3 Å². The zero-order valence-electron chi connectivity index (χ0n) is 20.4. The highest BCUT2D eigenvalue weighted by Crippen LogP contribution is 2.30. The summed E-state index contributed by atoms with van der Waals surface area (Å²) < 4.78 is 29.3. The molecule has 2 rings (SSSR count). The highest BCUT2D eigenvalue weighted by atomic mass is 32.2. The first-order valence-electron chi connectivity index (χ1n) is 11.3. The standard InChI is InChI=1S/C23H37N5O3S/c1-8-27(9-2)22-14-12-19(32(30,31)28(10-3)11-4)16-21(22)24-23(29)15-13-20-17(5)25-26(7)18(20)6/h12,14,16H,8-11,13,15H2,1-7H3,(H,24,29). The summed E-state index contributed by atoms with van der Waals surface area (Å²) in [6.45, 7) is 13.9. The quantitative estimate of drug-likeness (QED) is 0.551. The lowest BCUT2D eigenvalue weighted by molar-refractivity contribution is -0.116. The summed E-state index contributed by atoms with van der Waals surface area (Å²) in [6, 6.07) is 4.99. The molecule has 0 unspecified atom stereocenters.